The Morgan fingerprint density at radius 1 is 0.283 bits per heavy atom. The molecule has 53 heavy (non-hydrogen) atoms. The number of furan rings is 2. The Balaban J connectivity index is 1.08. The number of rotatable bonds is 5. The van der Waals surface area contributed by atoms with Crippen LogP contribution in [0.5, 0.6) is 0 Å². The van der Waals surface area contributed by atoms with Crippen molar-refractivity contribution in [2.75, 3.05) is 4.90 Å². The predicted molar refractivity (Wildman–Crippen MR) is 222 cm³/mol. The van der Waals surface area contributed by atoms with E-state index in [2.05, 4.69) is 181 Å². The lowest BCUT2D eigenvalue weighted by Crippen LogP contribution is -2.09. The molecule has 0 saturated carbocycles. The third-order valence-corrected chi connectivity index (χ3v) is 10.6. The SMILES string of the molecule is c1ccc(-c2ccc3c(ccc4oc5ccc(N(c6ccc(-c7ccc8ccccc8c7)cc6)c6ccc7oc8ccccc8c7c6)cc5c43)c2)cc1. The number of nitrogens with zero attached hydrogens (tertiary/aromatic N) is 1. The van der Waals surface area contributed by atoms with Crippen LogP contribution < -0.4 is 4.90 Å². The van der Waals surface area contributed by atoms with Gasteiger partial charge in [-0.05, 0) is 117 Å². The summed E-state index contributed by atoms with van der Waals surface area (Å²) in [6.07, 6.45) is 0. The number of anilines is 3. The first-order valence-electron chi connectivity index (χ1n) is 18.0. The van der Waals surface area contributed by atoms with Crippen molar-refractivity contribution in [3.63, 3.8) is 0 Å². The van der Waals surface area contributed by atoms with Gasteiger partial charge in [-0.1, -0.05) is 115 Å². The normalized spacial score (nSPS) is 11.8. The van der Waals surface area contributed by atoms with Crippen LogP contribution in [0.4, 0.5) is 17.1 Å². The van der Waals surface area contributed by atoms with Gasteiger partial charge in [0, 0.05) is 38.6 Å². The van der Waals surface area contributed by atoms with Gasteiger partial charge in [0.1, 0.15) is 22.3 Å². The first kappa shape index (κ1) is 29.6. The second-order valence-electron chi connectivity index (χ2n) is 13.7. The standard InChI is InChI=1S/C50H31NO2/c1-2-8-32(9-3-1)37-18-24-42-38(29-37)19-25-49-50(42)45-31-41(23-27-48(45)53-49)51(40-22-26-47-44(30-40)43-12-6-7-13-46(43)52-47)39-20-16-34(17-21-39)36-15-14-33-10-4-5-11-35(33)28-36/h1-31H. The fourth-order valence-corrected chi connectivity index (χ4v) is 8.01. The first-order valence-corrected chi connectivity index (χ1v) is 18.0. The van der Waals surface area contributed by atoms with Gasteiger partial charge < -0.3 is 13.7 Å². The predicted octanol–water partition coefficient (Wildman–Crippen LogP) is 14.6. The highest BCUT2D eigenvalue weighted by molar-refractivity contribution is 6.20. The molecule has 11 rings (SSSR count). The zero-order valence-electron chi connectivity index (χ0n) is 28.7. The Morgan fingerprint density at radius 2 is 0.830 bits per heavy atom. The molecule has 248 valence electrons. The van der Waals surface area contributed by atoms with Crippen LogP contribution >= 0.6 is 0 Å². The Morgan fingerprint density at radius 3 is 1.66 bits per heavy atom. The maximum atomic E-state index is 6.48. The first-order chi connectivity index (χ1) is 26.2. The fourth-order valence-electron chi connectivity index (χ4n) is 8.01. The molecule has 0 aliphatic carbocycles. The molecule has 0 aliphatic rings. The van der Waals surface area contributed by atoms with Gasteiger partial charge in [-0.25, -0.2) is 0 Å². The summed E-state index contributed by atoms with van der Waals surface area (Å²) in [7, 11) is 0. The van der Waals surface area contributed by atoms with Crippen molar-refractivity contribution in [1.29, 1.82) is 0 Å². The molecule has 0 spiro atoms. The largest absolute Gasteiger partial charge is 0.456 e. The average Bonchev–Trinajstić information content (AvgIpc) is 3.79. The van der Waals surface area contributed by atoms with Gasteiger partial charge in [0.25, 0.3) is 0 Å². The quantitative estimate of drug-likeness (QED) is 0.182. The molecule has 3 nitrogen and oxygen atoms in total. The molecule has 0 N–H and O–H groups in total. The van der Waals surface area contributed by atoms with Crippen LogP contribution in [-0.2, 0) is 0 Å². The van der Waals surface area contributed by atoms with Crippen molar-refractivity contribution in [3.05, 3.63) is 188 Å². The highest BCUT2D eigenvalue weighted by atomic mass is 16.3. The number of hydrogen-bond acceptors (Lipinski definition) is 3. The molecule has 0 radical (unpaired) electrons. The summed E-state index contributed by atoms with van der Waals surface area (Å²) in [5.41, 5.74) is 11.4. The smallest absolute Gasteiger partial charge is 0.136 e. The number of para-hydroxylation sites is 1. The lowest BCUT2D eigenvalue weighted by atomic mass is 9.98. The van der Waals surface area contributed by atoms with Crippen LogP contribution in [0.1, 0.15) is 0 Å². The number of fused-ring (bicyclic) bond motifs is 9. The van der Waals surface area contributed by atoms with E-state index in [0.717, 1.165) is 60.9 Å². The second-order valence-corrected chi connectivity index (χ2v) is 13.7. The summed E-state index contributed by atoms with van der Waals surface area (Å²) in [4.78, 5) is 2.34. The molecule has 0 atom stereocenters. The summed E-state index contributed by atoms with van der Waals surface area (Å²) in [5.74, 6) is 0. The molecule has 11 aromatic rings. The molecule has 0 bridgehead atoms. The van der Waals surface area contributed by atoms with E-state index in [9.17, 15) is 0 Å². The lowest BCUT2D eigenvalue weighted by molar-refractivity contribution is 0.669. The minimum absolute atomic E-state index is 0.867. The zero-order chi connectivity index (χ0) is 34.9. The van der Waals surface area contributed by atoms with E-state index < -0.39 is 0 Å². The molecular weight excluding hydrogens is 647 g/mol. The van der Waals surface area contributed by atoms with Gasteiger partial charge in [-0.3, -0.25) is 0 Å². The summed E-state index contributed by atoms with van der Waals surface area (Å²) in [5, 5.41) is 9.25. The molecule has 0 aliphatic heterocycles. The zero-order valence-corrected chi connectivity index (χ0v) is 28.7. The van der Waals surface area contributed by atoms with Crippen LogP contribution in [0.25, 0.3) is 87.7 Å². The highest BCUT2D eigenvalue weighted by Crippen LogP contribution is 2.43. The fraction of sp³-hybridized carbons (Fsp3) is 0. The van der Waals surface area contributed by atoms with Crippen molar-refractivity contribution in [2.24, 2.45) is 0 Å². The number of benzene rings is 9. The molecule has 0 saturated heterocycles. The molecule has 0 unspecified atom stereocenters. The third kappa shape index (κ3) is 4.90. The number of hydrogen-bond donors (Lipinski definition) is 0. The molecule has 0 fully saturated rings. The van der Waals surface area contributed by atoms with E-state index in [1.807, 2.05) is 12.1 Å². The van der Waals surface area contributed by atoms with Gasteiger partial charge in [0.15, 0.2) is 0 Å². The maximum absolute atomic E-state index is 6.48. The Labute approximate surface area is 305 Å². The monoisotopic (exact) mass is 677 g/mol. The minimum atomic E-state index is 0.867. The van der Waals surface area contributed by atoms with Crippen LogP contribution in [-0.4, -0.2) is 0 Å². The van der Waals surface area contributed by atoms with E-state index in [1.165, 1.54) is 43.8 Å². The molecule has 3 heteroatoms. The van der Waals surface area contributed by atoms with Crippen molar-refractivity contribution >= 4 is 82.5 Å². The van der Waals surface area contributed by atoms with E-state index in [0.29, 0.717) is 0 Å². The highest BCUT2D eigenvalue weighted by Gasteiger charge is 2.19. The Bertz CT molecular complexity index is 3170. The summed E-state index contributed by atoms with van der Waals surface area (Å²) in [6, 6.07) is 66.9. The van der Waals surface area contributed by atoms with Crippen LogP contribution in [0.2, 0.25) is 0 Å². The van der Waals surface area contributed by atoms with Crippen LogP contribution in [0.3, 0.4) is 0 Å². The molecule has 2 heterocycles. The average molecular weight is 678 g/mol. The van der Waals surface area contributed by atoms with Crippen molar-refractivity contribution in [1.82, 2.24) is 0 Å². The molecule has 9 aromatic carbocycles. The molecular formula is C50H31NO2. The van der Waals surface area contributed by atoms with E-state index in [4.69, 9.17) is 8.83 Å². The summed E-state index contributed by atoms with van der Waals surface area (Å²) < 4.78 is 12.7. The van der Waals surface area contributed by atoms with Crippen molar-refractivity contribution < 1.29 is 8.83 Å². The molecule has 0 amide bonds. The van der Waals surface area contributed by atoms with Crippen LogP contribution in [0.15, 0.2) is 197 Å². The van der Waals surface area contributed by atoms with E-state index >= 15 is 0 Å². The second kappa shape index (κ2) is 11.7. The van der Waals surface area contributed by atoms with Gasteiger partial charge >= 0.3 is 0 Å². The van der Waals surface area contributed by atoms with Crippen LogP contribution in [0, 0.1) is 0 Å². The third-order valence-electron chi connectivity index (χ3n) is 10.6. The van der Waals surface area contributed by atoms with E-state index in [1.54, 1.807) is 0 Å². The Kier molecular flexibility index (Phi) is 6.55. The summed E-state index contributed by atoms with van der Waals surface area (Å²) >= 11 is 0. The summed E-state index contributed by atoms with van der Waals surface area (Å²) in [6.45, 7) is 0. The van der Waals surface area contributed by atoms with Gasteiger partial charge in [-0.15, -0.1) is 0 Å². The maximum Gasteiger partial charge on any atom is 0.136 e. The van der Waals surface area contributed by atoms with Crippen molar-refractivity contribution in [3.8, 4) is 22.3 Å². The topological polar surface area (TPSA) is 29.5 Å². The van der Waals surface area contributed by atoms with E-state index in [-0.39, 0.29) is 0 Å². The minimum Gasteiger partial charge on any atom is -0.456 e. The molecule has 2 aromatic heterocycles. The van der Waals surface area contributed by atoms with Gasteiger partial charge in [-0.2, -0.15) is 0 Å². The lowest BCUT2D eigenvalue weighted by Gasteiger charge is -2.26. The van der Waals surface area contributed by atoms with Gasteiger partial charge in [0.05, 0.1) is 0 Å². The van der Waals surface area contributed by atoms with Gasteiger partial charge in [0.2, 0.25) is 0 Å². The Hall–Kier alpha value is -7.10. The van der Waals surface area contributed by atoms with Crippen molar-refractivity contribution in [2.45, 2.75) is 0 Å².